The number of hydrogen-bond donors (Lipinski definition) is 1. The highest BCUT2D eigenvalue weighted by atomic mass is 32.2. The van der Waals surface area contributed by atoms with E-state index in [2.05, 4.69) is 10.3 Å². The minimum Gasteiger partial charge on any atom is -0.372 e. The van der Waals surface area contributed by atoms with E-state index in [0.29, 0.717) is 11.3 Å². The van der Waals surface area contributed by atoms with E-state index in [9.17, 15) is 18.0 Å². The second-order valence-electron chi connectivity index (χ2n) is 6.68. The Morgan fingerprint density at radius 3 is 2.75 bits per heavy atom. The third kappa shape index (κ3) is 3.20. The average Bonchev–Trinajstić information content (AvgIpc) is 3.09. The number of amides is 1. The number of hydrogen-bond acceptors (Lipinski definition) is 4. The van der Waals surface area contributed by atoms with Crippen LogP contribution in [-0.2, 0) is 10.3 Å². The van der Waals surface area contributed by atoms with E-state index in [0.717, 1.165) is 6.07 Å². The molecule has 0 spiro atoms. The SMILES string of the molecule is O=C(NC1=N[C@@]2(c3cccc(F)c3F)CO[C@H](CF)[C@H]2CS1)c1ccccc1. The molecular formula is C20H17F3N2O2S. The highest BCUT2D eigenvalue weighted by Gasteiger charge is 2.54. The van der Waals surface area contributed by atoms with Crippen LogP contribution in [-0.4, -0.2) is 36.2 Å². The Morgan fingerprint density at radius 1 is 1.21 bits per heavy atom. The predicted molar refractivity (Wildman–Crippen MR) is 101 cm³/mol. The molecule has 2 heterocycles. The molecule has 0 saturated carbocycles. The Kier molecular flexibility index (Phi) is 5.16. The number of benzene rings is 2. The van der Waals surface area contributed by atoms with Gasteiger partial charge in [0.25, 0.3) is 5.91 Å². The number of ether oxygens (including phenoxy) is 1. The molecule has 2 aliphatic heterocycles. The second-order valence-corrected chi connectivity index (χ2v) is 7.69. The topological polar surface area (TPSA) is 50.7 Å². The molecule has 0 radical (unpaired) electrons. The third-order valence-corrected chi connectivity index (χ3v) is 6.10. The summed E-state index contributed by atoms with van der Waals surface area (Å²) in [5.74, 6) is -2.51. The lowest BCUT2D eigenvalue weighted by molar-refractivity contribution is 0.0720. The summed E-state index contributed by atoms with van der Waals surface area (Å²) in [7, 11) is 0. The fraction of sp³-hybridized carbons (Fsp3) is 0.300. The predicted octanol–water partition coefficient (Wildman–Crippen LogP) is 3.68. The van der Waals surface area contributed by atoms with E-state index in [1.54, 1.807) is 30.3 Å². The van der Waals surface area contributed by atoms with Gasteiger partial charge in [-0.3, -0.25) is 4.79 Å². The lowest BCUT2D eigenvalue weighted by Gasteiger charge is -2.36. The Hall–Kier alpha value is -2.32. The zero-order valence-corrected chi connectivity index (χ0v) is 15.5. The summed E-state index contributed by atoms with van der Waals surface area (Å²) < 4.78 is 47.5. The van der Waals surface area contributed by atoms with E-state index in [-0.39, 0.29) is 23.2 Å². The van der Waals surface area contributed by atoms with Gasteiger partial charge in [0.2, 0.25) is 0 Å². The van der Waals surface area contributed by atoms with E-state index in [1.165, 1.54) is 23.9 Å². The van der Waals surface area contributed by atoms with Crippen LogP contribution in [0.25, 0.3) is 0 Å². The summed E-state index contributed by atoms with van der Waals surface area (Å²) >= 11 is 1.24. The molecule has 1 N–H and O–H groups in total. The van der Waals surface area contributed by atoms with Gasteiger partial charge >= 0.3 is 0 Å². The highest BCUT2D eigenvalue weighted by molar-refractivity contribution is 8.13. The van der Waals surface area contributed by atoms with Gasteiger partial charge in [-0.2, -0.15) is 0 Å². The van der Waals surface area contributed by atoms with Crippen molar-refractivity contribution in [1.82, 2.24) is 5.32 Å². The number of fused-ring (bicyclic) bond motifs is 1. The molecule has 2 aliphatic rings. The van der Waals surface area contributed by atoms with E-state index in [4.69, 9.17) is 4.74 Å². The molecular weight excluding hydrogens is 389 g/mol. The molecule has 8 heteroatoms. The summed E-state index contributed by atoms with van der Waals surface area (Å²) in [6, 6.07) is 12.4. The maximum atomic E-state index is 14.6. The lowest BCUT2D eigenvalue weighted by atomic mass is 9.79. The minimum atomic E-state index is -1.28. The zero-order chi connectivity index (χ0) is 19.7. The molecule has 0 bridgehead atoms. The van der Waals surface area contributed by atoms with Crippen molar-refractivity contribution in [3.63, 3.8) is 0 Å². The normalized spacial score (nSPS) is 26.5. The molecule has 4 rings (SSSR count). The van der Waals surface area contributed by atoms with Crippen LogP contribution in [0.15, 0.2) is 53.5 Å². The van der Waals surface area contributed by atoms with Gasteiger partial charge in [-0.15, -0.1) is 0 Å². The maximum Gasteiger partial charge on any atom is 0.257 e. The second kappa shape index (κ2) is 7.60. The smallest absolute Gasteiger partial charge is 0.257 e. The van der Waals surface area contributed by atoms with Gasteiger partial charge in [0.05, 0.1) is 12.7 Å². The average molecular weight is 406 g/mol. The van der Waals surface area contributed by atoms with Gasteiger partial charge in [0.1, 0.15) is 12.2 Å². The first-order valence-corrected chi connectivity index (χ1v) is 9.75. The summed E-state index contributed by atoms with van der Waals surface area (Å²) in [6.07, 6.45) is -0.759. The standard InChI is InChI=1S/C20H17F3N2O2S/c21-9-16-14-10-28-19(24-18(26)12-5-2-1-3-6-12)25-20(14,11-27-16)13-7-4-8-15(22)17(13)23/h1-8,14,16H,9-11H2,(H,24,25,26)/t14-,16-,20-/m1/s1. The molecule has 1 amide bonds. The molecule has 146 valence electrons. The highest BCUT2D eigenvalue weighted by Crippen LogP contribution is 2.48. The number of amidine groups is 1. The number of carbonyl (C=O) groups excluding carboxylic acids is 1. The molecule has 4 nitrogen and oxygen atoms in total. The van der Waals surface area contributed by atoms with Crippen LogP contribution in [0.5, 0.6) is 0 Å². The first-order chi connectivity index (χ1) is 13.5. The molecule has 1 fully saturated rings. The summed E-state index contributed by atoms with van der Waals surface area (Å²) in [5, 5.41) is 2.99. The summed E-state index contributed by atoms with van der Waals surface area (Å²) in [4.78, 5) is 17.0. The number of carbonyl (C=O) groups is 1. The van der Waals surface area contributed by atoms with Crippen LogP contribution < -0.4 is 5.32 Å². The van der Waals surface area contributed by atoms with Crippen LogP contribution in [0.1, 0.15) is 15.9 Å². The molecule has 0 aliphatic carbocycles. The Balaban J connectivity index is 1.73. The van der Waals surface area contributed by atoms with Crippen molar-refractivity contribution in [2.45, 2.75) is 11.6 Å². The number of nitrogens with zero attached hydrogens (tertiary/aromatic N) is 1. The van der Waals surface area contributed by atoms with Gasteiger partial charge in [-0.25, -0.2) is 18.2 Å². The van der Waals surface area contributed by atoms with Gasteiger partial charge < -0.3 is 10.1 Å². The summed E-state index contributed by atoms with van der Waals surface area (Å²) in [5.41, 5.74) is -0.823. The Morgan fingerprint density at radius 2 is 2.00 bits per heavy atom. The fourth-order valence-electron chi connectivity index (χ4n) is 3.66. The molecule has 2 aromatic rings. The number of alkyl halides is 1. The molecule has 0 unspecified atom stereocenters. The van der Waals surface area contributed by atoms with E-state index in [1.807, 2.05) is 0 Å². The zero-order valence-electron chi connectivity index (χ0n) is 14.7. The maximum absolute atomic E-state index is 14.6. The largest absolute Gasteiger partial charge is 0.372 e. The van der Waals surface area contributed by atoms with Crippen LogP contribution >= 0.6 is 11.8 Å². The third-order valence-electron chi connectivity index (χ3n) is 5.11. The van der Waals surface area contributed by atoms with Gasteiger partial charge in [0, 0.05) is 22.8 Å². The number of nitrogens with one attached hydrogen (secondary N) is 1. The van der Waals surface area contributed by atoms with E-state index < -0.39 is 35.9 Å². The number of thioether (sulfide) groups is 1. The van der Waals surface area contributed by atoms with Crippen molar-refractivity contribution >= 4 is 22.8 Å². The minimum absolute atomic E-state index is 0.0141. The molecule has 3 atom stereocenters. The van der Waals surface area contributed by atoms with E-state index >= 15 is 0 Å². The van der Waals surface area contributed by atoms with Crippen LogP contribution in [0.4, 0.5) is 13.2 Å². The van der Waals surface area contributed by atoms with Crippen LogP contribution in [0.2, 0.25) is 0 Å². The van der Waals surface area contributed by atoms with Crippen LogP contribution in [0, 0.1) is 17.6 Å². The molecule has 2 aromatic carbocycles. The van der Waals surface area contributed by atoms with Gasteiger partial charge in [-0.1, -0.05) is 42.1 Å². The van der Waals surface area contributed by atoms with Gasteiger partial charge in [-0.05, 0) is 18.2 Å². The quantitative estimate of drug-likeness (QED) is 0.846. The fourth-order valence-corrected chi connectivity index (χ4v) is 4.88. The van der Waals surface area contributed by atoms with Crippen molar-refractivity contribution in [2.75, 3.05) is 19.0 Å². The first kappa shape index (κ1) is 19.0. The van der Waals surface area contributed by atoms with Crippen molar-refractivity contribution in [3.8, 4) is 0 Å². The molecule has 1 saturated heterocycles. The lowest BCUT2D eigenvalue weighted by Crippen LogP contribution is -2.44. The van der Waals surface area contributed by atoms with Crippen molar-refractivity contribution in [1.29, 1.82) is 0 Å². The monoisotopic (exact) mass is 406 g/mol. The first-order valence-electron chi connectivity index (χ1n) is 8.76. The molecule has 28 heavy (non-hydrogen) atoms. The van der Waals surface area contributed by atoms with Crippen molar-refractivity contribution < 1.29 is 22.7 Å². The number of aliphatic imine (C=N–C) groups is 1. The number of rotatable bonds is 3. The Bertz CT molecular complexity index is 925. The van der Waals surface area contributed by atoms with Gasteiger partial charge in [0.15, 0.2) is 16.8 Å². The summed E-state index contributed by atoms with van der Waals surface area (Å²) in [6.45, 7) is -0.830. The van der Waals surface area contributed by atoms with Crippen molar-refractivity contribution in [3.05, 3.63) is 71.3 Å². The van der Waals surface area contributed by atoms with Crippen molar-refractivity contribution in [2.24, 2.45) is 10.9 Å². The van der Waals surface area contributed by atoms with Crippen LogP contribution in [0.3, 0.4) is 0 Å². The number of halogens is 3. The Labute approximate surface area is 164 Å². The molecule has 0 aromatic heterocycles.